The van der Waals surface area contributed by atoms with Crippen LogP contribution in [0.5, 0.6) is 0 Å². The van der Waals surface area contributed by atoms with Gasteiger partial charge in [-0.05, 0) is 23.7 Å². The van der Waals surface area contributed by atoms with Crippen molar-refractivity contribution in [3.05, 3.63) is 26.2 Å². The number of halogens is 4. The fourth-order valence-corrected chi connectivity index (χ4v) is 5.74. The highest BCUT2D eigenvalue weighted by atomic mass is 35.5. The molecule has 0 saturated carbocycles. The first kappa shape index (κ1) is 13.0. The molecule has 1 nitrogen and oxygen atoms in total. The van der Waals surface area contributed by atoms with Gasteiger partial charge in [-0.2, -0.15) is 0 Å². The minimum absolute atomic E-state index is 0.321. The normalized spacial score (nSPS) is 21.1. The standard InChI is InChI=1S/C10H10Cl4OSi/c11-6-5-7(9(13)10(14)8(6)12)16-4-2-1-3-15-16/h5,16H,1-4H2. The third-order valence-electron chi connectivity index (χ3n) is 2.66. The third kappa shape index (κ3) is 2.52. The van der Waals surface area contributed by atoms with Gasteiger partial charge in [0.25, 0.3) is 0 Å². The van der Waals surface area contributed by atoms with Crippen molar-refractivity contribution in [2.75, 3.05) is 6.61 Å². The molecular formula is C10H10Cl4OSi. The smallest absolute Gasteiger partial charge is 0.209 e. The molecule has 2 rings (SSSR count). The Bertz CT molecular complexity index is 404. The highest BCUT2D eigenvalue weighted by Crippen LogP contribution is 2.35. The number of benzene rings is 1. The van der Waals surface area contributed by atoms with Crippen molar-refractivity contribution >= 4 is 60.6 Å². The van der Waals surface area contributed by atoms with E-state index >= 15 is 0 Å². The average Bonchev–Trinajstić information content (AvgIpc) is 2.32. The minimum Gasteiger partial charge on any atom is -0.415 e. The van der Waals surface area contributed by atoms with Gasteiger partial charge in [0.2, 0.25) is 9.04 Å². The lowest BCUT2D eigenvalue weighted by molar-refractivity contribution is 0.294. The Morgan fingerprint density at radius 1 is 1.00 bits per heavy atom. The Hall–Kier alpha value is 0.557. The number of hydrogen-bond acceptors (Lipinski definition) is 1. The van der Waals surface area contributed by atoms with Crippen LogP contribution in [-0.4, -0.2) is 15.6 Å². The molecule has 1 atom stereocenters. The van der Waals surface area contributed by atoms with E-state index in [1.807, 2.05) is 0 Å². The molecule has 0 spiro atoms. The molecule has 0 N–H and O–H groups in total. The monoisotopic (exact) mass is 314 g/mol. The zero-order valence-corrected chi connectivity index (χ0v) is 12.6. The second-order valence-electron chi connectivity index (χ2n) is 3.74. The Labute approximate surface area is 116 Å². The molecule has 1 aliphatic heterocycles. The summed E-state index contributed by atoms with van der Waals surface area (Å²) in [6.45, 7) is 0.811. The highest BCUT2D eigenvalue weighted by Gasteiger charge is 2.24. The second-order valence-corrected chi connectivity index (χ2v) is 7.80. The SMILES string of the molecule is Clc1cc([SiH]2CCCCO2)c(Cl)c(Cl)c1Cl. The molecule has 0 aliphatic carbocycles. The van der Waals surface area contributed by atoms with E-state index in [2.05, 4.69) is 0 Å². The largest absolute Gasteiger partial charge is 0.415 e. The molecule has 0 bridgehead atoms. The third-order valence-corrected chi connectivity index (χ3v) is 7.33. The van der Waals surface area contributed by atoms with Crippen molar-refractivity contribution < 1.29 is 4.43 Å². The fourth-order valence-electron chi connectivity index (χ4n) is 1.81. The molecule has 1 fully saturated rings. The molecule has 88 valence electrons. The van der Waals surface area contributed by atoms with E-state index in [1.54, 1.807) is 6.07 Å². The van der Waals surface area contributed by atoms with Gasteiger partial charge < -0.3 is 4.43 Å². The lowest BCUT2D eigenvalue weighted by Crippen LogP contribution is -2.37. The Morgan fingerprint density at radius 3 is 2.38 bits per heavy atom. The zero-order chi connectivity index (χ0) is 11.7. The van der Waals surface area contributed by atoms with Crippen LogP contribution in [0.2, 0.25) is 26.1 Å². The van der Waals surface area contributed by atoms with Gasteiger partial charge in [-0.3, -0.25) is 0 Å². The van der Waals surface area contributed by atoms with Crippen LogP contribution >= 0.6 is 46.4 Å². The molecule has 1 heterocycles. The summed E-state index contributed by atoms with van der Waals surface area (Å²) >= 11 is 24.1. The van der Waals surface area contributed by atoms with Crippen LogP contribution in [-0.2, 0) is 4.43 Å². The van der Waals surface area contributed by atoms with Gasteiger partial charge >= 0.3 is 0 Å². The second kappa shape index (κ2) is 5.47. The maximum Gasteiger partial charge on any atom is 0.209 e. The van der Waals surface area contributed by atoms with Crippen LogP contribution < -0.4 is 5.19 Å². The van der Waals surface area contributed by atoms with Crippen molar-refractivity contribution in [1.29, 1.82) is 0 Å². The molecule has 0 aromatic heterocycles. The molecule has 1 aromatic rings. The summed E-state index contributed by atoms with van der Waals surface area (Å²) in [7, 11) is -1.46. The van der Waals surface area contributed by atoms with Crippen molar-refractivity contribution in [3.63, 3.8) is 0 Å². The Balaban J connectivity index is 2.40. The van der Waals surface area contributed by atoms with E-state index in [1.165, 1.54) is 6.42 Å². The highest BCUT2D eigenvalue weighted by molar-refractivity contribution is 6.72. The average molecular weight is 316 g/mol. The van der Waals surface area contributed by atoms with E-state index in [0.29, 0.717) is 20.1 Å². The molecule has 1 aliphatic rings. The van der Waals surface area contributed by atoms with Gasteiger partial charge in [0.15, 0.2) is 0 Å². The van der Waals surface area contributed by atoms with Gasteiger partial charge in [-0.15, -0.1) is 0 Å². The summed E-state index contributed by atoms with van der Waals surface area (Å²) in [6.07, 6.45) is 2.31. The van der Waals surface area contributed by atoms with E-state index in [-0.39, 0.29) is 0 Å². The fraction of sp³-hybridized carbons (Fsp3) is 0.400. The molecule has 16 heavy (non-hydrogen) atoms. The Morgan fingerprint density at radius 2 is 1.75 bits per heavy atom. The summed E-state index contributed by atoms with van der Waals surface area (Å²) in [5.74, 6) is 0. The molecule has 1 unspecified atom stereocenters. The molecular weight excluding hydrogens is 306 g/mol. The lowest BCUT2D eigenvalue weighted by Gasteiger charge is -2.23. The summed E-state index contributed by atoms with van der Waals surface area (Å²) in [5, 5.41) is 2.59. The summed E-state index contributed by atoms with van der Waals surface area (Å²) in [4.78, 5) is 0. The summed E-state index contributed by atoms with van der Waals surface area (Å²) < 4.78 is 5.79. The van der Waals surface area contributed by atoms with E-state index in [9.17, 15) is 0 Å². The minimum atomic E-state index is -1.46. The van der Waals surface area contributed by atoms with Gasteiger partial charge in [0.1, 0.15) is 0 Å². The van der Waals surface area contributed by atoms with Crippen molar-refractivity contribution in [3.8, 4) is 0 Å². The zero-order valence-electron chi connectivity index (χ0n) is 8.40. The van der Waals surface area contributed by atoms with E-state index in [0.717, 1.165) is 24.3 Å². The van der Waals surface area contributed by atoms with Crippen LogP contribution in [0, 0.1) is 0 Å². The topological polar surface area (TPSA) is 9.23 Å². The Kier molecular flexibility index (Phi) is 4.44. The molecule has 1 aromatic carbocycles. The van der Waals surface area contributed by atoms with Gasteiger partial charge in [-0.1, -0.05) is 52.8 Å². The van der Waals surface area contributed by atoms with Crippen molar-refractivity contribution in [2.24, 2.45) is 0 Å². The predicted molar refractivity (Wildman–Crippen MR) is 73.3 cm³/mol. The number of rotatable bonds is 1. The first-order valence-corrected chi connectivity index (χ1v) is 8.43. The molecule has 0 radical (unpaired) electrons. The van der Waals surface area contributed by atoms with Crippen LogP contribution in [0.15, 0.2) is 6.07 Å². The van der Waals surface area contributed by atoms with Gasteiger partial charge in [-0.25, -0.2) is 0 Å². The molecule has 0 amide bonds. The van der Waals surface area contributed by atoms with Crippen molar-refractivity contribution in [1.82, 2.24) is 0 Å². The molecule has 6 heteroatoms. The molecule has 1 saturated heterocycles. The van der Waals surface area contributed by atoms with E-state index in [4.69, 9.17) is 50.8 Å². The van der Waals surface area contributed by atoms with Crippen LogP contribution in [0.4, 0.5) is 0 Å². The number of hydrogen-bond donors (Lipinski definition) is 0. The predicted octanol–water partition coefficient (Wildman–Crippen LogP) is 4.04. The van der Waals surface area contributed by atoms with E-state index < -0.39 is 9.04 Å². The first-order chi connectivity index (χ1) is 7.61. The van der Waals surface area contributed by atoms with Crippen LogP contribution in [0.1, 0.15) is 12.8 Å². The van der Waals surface area contributed by atoms with Crippen molar-refractivity contribution in [2.45, 2.75) is 18.9 Å². The maximum absolute atomic E-state index is 6.18. The summed E-state index contributed by atoms with van der Waals surface area (Å²) in [6, 6.07) is 2.88. The quantitative estimate of drug-likeness (QED) is 0.432. The lowest BCUT2D eigenvalue weighted by atomic mass is 10.3. The maximum atomic E-state index is 6.18. The summed E-state index contributed by atoms with van der Waals surface area (Å²) in [5.41, 5.74) is 0. The van der Waals surface area contributed by atoms with Crippen LogP contribution in [0.25, 0.3) is 0 Å². The first-order valence-electron chi connectivity index (χ1n) is 5.05. The van der Waals surface area contributed by atoms with Crippen LogP contribution in [0.3, 0.4) is 0 Å². The van der Waals surface area contributed by atoms with Gasteiger partial charge in [0.05, 0.1) is 20.1 Å². The van der Waals surface area contributed by atoms with Gasteiger partial charge in [0, 0.05) is 6.61 Å².